The number of para-hydroxylation sites is 1. The van der Waals surface area contributed by atoms with E-state index in [9.17, 15) is 19.2 Å². The Morgan fingerprint density at radius 1 is 0.804 bits per heavy atom. The summed E-state index contributed by atoms with van der Waals surface area (Å²) in [5.41, 5.74) is 2.89. The van der Waals surface area contributed by atoms with E-state index in [4.69, 9.17) is 28.9 Å². The third-order valence-electron chi connectivity index (χ3n) is 7.56. The highest BCUT2D eigenvalue weighted by Crippen LogP contribution is 2.30. The number of carbonyl (C=O) groups is 4. The molecule has 0 fully saturated rings. The number of esters is 4. The normalized spacial score (nSPS) is 11.5. The van der Waals surface area contributed by atoms with Gasteiger partial charge in [-0.25, -0.2) is 24.2 Å². The Morgan fingerprint density at radius 3 is 2.04 bits per heavy atom. The number of rotatable bonds is 15. The second-order valence-corrected chi connectivity index (χ2v) is 12.1. The Morgan fingerprint density at radius 2 is 1.43 bits per heavy atom. The van der Waals surface area contributed by atoms with Gasteiger partial charge in [-0.05, 0) is 84.8 Å². The number of hydrogen-bond donors (Lipinski definition) is 0. The summed E-state index contributed by atoms with van der Waals surface area (Å²) in [6, 6.07) is 25.3. The van der Waals surface area contributed by atoms with E-state index >= 15 is 0 Å². The molecular weight excluding hydrogens is 669 g/mol. The number of nitrogens with zero attached hydrogens (tertiary/aromatic N) is 2. The highest BCUT2D eigenvalue weighted by atomic mass is 32.1. The van der Waals surface area contributed by atoms with Crippen molar-refractivity contribution in [2.45, 2.75) is 25.7 Å². The summed E-state index contributed by atoms with van der Waals surface area (Å²) >= 11 is 1.66. The van der Waals surface area contributed by atoms with Gasteiger partial charge in [0.1, 0.15) is 17.2 Å². The number of aromatic nitrogens is 1. The van der Waals surface area contributed by atoms with E-state index in [0.717, 1.165) is 39.4 Å². The summed E-state index contributed by atoms with van der Waals surface area (Å²) in [4.78, 5) is 58.2. The first-order valence-corrected chi connectivity index (χ1v) is 16.8. The first-order valence-electron chi connectivity index (χ1n) is 16.0. The molecule has 1 atom stereocenters. The second kappa shape index (κ2) is 17.5. The van der Waals surface area contributed by atoms with Crippen molar-refractivity contribution in [1.82, 2.24) is 4.98 Å². The molecule has 1 aromatic heterocycles. The quantitative estimate of drug-likeness (QED) is 0.0466. The Labute approximate surface area is 298 Å². The Hall–Kier alpha value is -6.20. The van der Waals surface area contributed by atoms with Gasteiger partial charge in [-0.3, -0.25) is 4.99 Å². The number of hydrogen-bond acceptors (Lipinski definition) is 11. The van der Waals surface area contributed by atoms with Gasteiger partial charge in [0.2, 0.25) is 0 Å². The maximum absolute atomic E-state index is 13.1. The molecule has 0 spiro atoms. The molecule has 4 aromatic carbocycles. The van der Waals surface area contributed by atoms with Crippen LogP contribution in [0.4, 0.5) is 0 Å². The van der Waals surface area contributed by atoms with Crippen molar-refractivity contribution in [3.63, 3.8) is 0 Å². The molecule has 11 heteroatoms. The minimum Gasteiger partial charge on any atom is -0.462 e. The van der Waals surface area contributed by atoms with Gasteiger partial charge in [0, 0.05) is 42.8 Å². The van der Waals surface area contributed by atoms with Gasteiger partial charge < -0.3 is 18.9 Å². The third kappa shape index (κ3) is 9.93. The fourth-order valence-corrected chi connectivity index (χ4v) is 5.95. The molecular formula is C40H34N2O8S. The molecule has 1 unspecified atom stereocenters. The fraction of sp³-hybridized carbons (Fsp3) is 0.150. The number of aliphatic imine (C=N–C) groups is 1. The van der Waals surface area contributed by atoms with Crippen LogP contribution in [-0.4, -0.2) is 48.2 Å². The van der Waals surface area contributed by atoms with Crippen molar-refractivity contribution in [3.05, 3.63) is 144 Å². The molecule has 0 radical (unpaired) electrons. The molecule has 5 aromatic rings. The number of carbonyl (C=O) groups excluding carboxylic acids is 4. The van der Waals surface area contributed by atoms with Gasteiger partial charge in [-0.15, -0.1) is 11.3 Å². The van der Waals surface area contributed by atoms with E-state index in [1.54, 1.807) is 29.7 Å². The molecule has 10 nitrogen and oxygen atoms in total. The van der Waals surface area contributed by atoms with Crippen molar-refractivity contribution >= 4 is 51.6 Å². The largest absolute Gasteiger partial charge is 0.462 e. The van der Waals surface area contributed by atoms with Crippen LogP contribution in [0.3, 0.4) is 0 Å². The molecule has 0 amide bonds. The lowest BCUT2D eigenvalue weighted by Gasteiger charge is -2.12. The van der Waals surface area contributed by atoms with Crippen LogP contribution < -0.4 is 14.2 Å². The first kappa shape index (κ1) is 36.1. The lowest BCUT2D eigenvalue weighted by molar-refractivity contribution is -0.129. The van der Waals surface area contributed by atoms with Crippen molar-refractivity contribution in [3.8, 4) is 17.2 Å². The minimum atomic E-state index is -0.612. The second-order valence-electron chi connectivity index (χ2n) is 11.1. The Kier molecular flexibility index (Phi) is 12.4. The van der Waals surface area contributed by atoms with Gasteiger partial charge in [-0.2, -0.15) is 0 Å². The van der Waals surface area contributed by atoms with Crippen LogP contribution in [0.2, 0.25) is 0 Å². The molecule has 258 valence electrons. The highest BCUT2D eigenvalue weighted by molar-refractivity contribution is 7.18. The zero-order valence-corrected chi connectivity index (χ0v) is 28.6. The van der Waals surface area contributed by atoms with Crippen LogP contribution in [0.15, 0.2) is 121 Å². The number of thiazole rings is 1. The summed E-state index contributed by atoms with van der Waals surface area (Å²) < 4.78 is 22.5. The third-order valence-corrected chi connectivity index (χ3v) is 8.76. The average molecular weight is 703 g/mol. The van der Waals surface area contributed by atoms with Crippen LogP contribution >= 0.6 is 11.3 Å². The zero-order valence-electron chi connectivity index (χ0n) is 27.8. The summed E-state index contributed by atoms with van der Waals surface area (Å²) in [6.45, 7) is 9.38. The lowest BCUT2D eigenvalue weighted by Crippen LogP contribution is -2.11. The maximum Gasteiger partial charge on any atom is 0.343 e. The monoisotopic (exact) mass is 702 g/mol. The van der Waals surface area contributed by atoms with E-state index in [1.165, 1.54) is 48.5 Å². The Bertz CT molecular complexity index is 2050. The summed E-state index contributed by atoms with van der Waals surface area (Å²) in [5.74, 6) is -1.42. The first-order chi connectivity index (χ1) is 24.8. The van der Waals surface area contributed by atoms with Gasteiger partial charge in [0.05, 0.1) is 33.0 Å². The van der Waals surface area contributed by atoms with E-state index in [1.807, 2.05) is 24.3 Å². The molecule has 1 heterocycles. The molecule has 0 saturated heterocycles. The summed E-state index contributed by atoms with van der Waals surface area (Å²) in [7, 11) is 0. The zero-order chi connectivity index (χ0) is 36.2. The minimum absolute atomic E-state index is 0.0834. The predicted molar refractivity (Wildman–Crippen MR) is 195 cm³/mol. The Balaban J connectivity index is 1.29. The van der Waals surface area contributed by atoms with Crippen molar-refractivity contribution < 1.29 is 38.1 Å². The molecule has 0 saturated carbocycles. The fourth-order valence-electron chi connectivity index (χ4n) is 4.81. The number of benzene rings is 4. The van der Waals surface area contributed by atoms with Crippen molar-refractivity contribution in [2.75, 3.05) is 13.2 Å². The van der Waals surface area contributed by atoms with E-state index < -0.39 is 23.9 Å². The lowest BCUT2D eigenvalue weighted by atomic mass is 10.1. The van der Waals surface area contributed by atoms with E-state index in [0.29, 0.717) is 24.1 Å². The number of ether oxygens (including phenoxy) is 4. The van der Waals surface area contributed by atoms with Crippen molar-refractivity contribution in [2.24, 2.45) is 4.99 Å². The standard InChI is InChI=1S/C40H34N2O8S/c1-4-27(38-42-33-9-7-8-10-35(33)51-38)24-41-25-30-23-26(21-22-47-39(45)28-12-16-31(17-13-28)48-36(43)5-2)11-20-34(30)50-40(46)29-14-18-32(19-15-29)49-37(44)6-3/h5-20,23,25,27H,2-4,21-22,24H2,1H3. The van der Waals surface area contributed by atoms with Crippen LogP contribution in [0.5, 0.6) is 17.2 Å². The molecule has 0 bridgehead atoms. The average Bonchev–Trinajstić information content (AvgIpc) is 3.59. The highest BCUT2D eigenvalue weighted by Gasteiger charge is 2.16. The maximum atomic E-state index is 13.1. The van der Waals surface area contributed by atoms with Gasteiger partial charge in [0.25, 0.3) is 0 Å². The van der Waals surface area contributed by atoms with Crippen molar-refractivity contribution in [1.29, 1.82) is 0 Å². The van der Waals surface area contributed by atoms with E-state index in [-0.39, 0.29) is 35.3 Å². The van der Waals surface area contributed by atoms with Gasteiger partial charge in [-0.1, -0.05) is 38.3 Å². The smallest absolute Gasteiger partial charge is 0.343 e. The number of fused-ring (bicyclic) bond motifs is 1. The predicted octanol–water partition coefficient (Wildman–Crippen LogP) is 7.71. The molecule has 51 heavy (non-hydrogen) atoms. The molecule has 5 rings (SSSR count). The van der Waals surface area contributed by atoms with Crippen LogP contribution in [0.25, 0.3) is 10.2 Å². The van der Waals surface area contributed by atoms with Crippen LogP contribution in [0, 0.1) is 0 Å². The summed E-state index contributed by atoms with van der Waals surface area (Å²) in [6.07, 6.45) is 4.99. The van der Waals surface area contributed by atoms with Crippen LogP contribution in [0.1, 0.15) is 56.1 Å². The molecule has 0 N–H and O–H groups in total. The van der Waals surface area contributed by atoms with Gasteiger partial charge >= 0.3 is 23.9 Å². The summed E-state index contributed by atoms with van der Waals surface area (Å²) in [5, 5.41) is 1.01. The molecule has 0 aliphatic carbocycles. The SMILES string of the molecule is C=CC(=O)Oc1ccc(C(=O)OCCc2ccc(OC(=O)c3ccc(OC(=O)C=C)cc3)c(C=NCC(CC)c3nc4ccccc4s3)c2)cc1. The topological polar surface area (TPSA) is 130 Å². The molecule has 0 aliphatic heterocycles. The van der Waals surface area contributed by atoms with Crippen LogP contribution in [-0.2, 0) is 20.7 Å². The van der Waals surface area contributed by atoms with E-state index in [2.05, 4.69) is 26.1 Å². The molecule has 0 aliphatic rings. The van der Waals surface area contributed by atoms with Gasteiger partial charge in [0.15, 0.2) is 0 Å².